The monoisotopic (exact) mass is 319 g/mol. The predicted molar refractivity (Wildman–Crippen MR) is 76.5 cm³/mol. The molecule has 1 aliphatic rings. The van der Waals surface area contributed by atoms with E-state index in [-0.39, 0.29) is 11.5 Å². The number of fused-ring (bicyclic) bond motifs is 1. The lowest BCUT2D eigenvalue weighted by atomic mass is 10.2. The Balaban J connectivity index is 1.74. The minimum absolute atomic E-state index is 0.202. The molecule has 2 atom stereocenters. The Labute approximate surface area is 127 Å². The van der Waals surface area contributed by atoms with E-state index in [1.807, 2.05) is 0 Å². The van der Waals surface area contributed by atoms with Crippen LogP contribution in [0.4, 0.5) is 8.78 Å². The van der Waals surface area contributed by atoms with Gasteiger partial charge in [-0.05, 0) is 12.5 Å². The third-order valence-corrected chi connectivity index (χ3v) is 3.98. The molecule has 1 fully saturated rings. The van der Waals surface area contributed by atoms with Crippen molar-refractivity contribution >= 4 is 5.78 Å². The number of hydrogen-bond donors (Lipinski definition) is 2. The molecule has 1 saturated carbocycles. The summed E-state index contributed by atoms with van der Waals surface area (Å²) in [4.78, 5) is 35.9. The van der Waals surface area contributed by atoms with Crippen LogP contribution in [0.1, 0.15) is 18.0 Å². The van der Waals surface area contributed by atoms with Crippen LogP contribution < -0.4 is 11.2 Å². The van der Waals surface area contributed by atoms with Gasteiger partial charge in [0.25, 0.3) is 5.56 Å². The lowest BCUT2D eigenvalue weighted by Crippen LogP contribution is -2.22. The van der Waals surface area contributed by atoms with Crippen LogP contribution in [0.25, 0.3) is 17.0 Å². The lowest BCUT2D eigenvalue weighted by Gasteiger charge is -1.99. The predicted octanol–water partition coefficient (Wildman–Crippen LogP) is 1.14. The summed E-state index contributed by atoms with van der Waals surface area (Å²) in [7, 11) is 0. The fourth-order valence-corrected chi connectivity index (χ4v) is 2.65. The number of imidazole rings is 1. The van der Waals surface area contributed by atoms with Gasteiger partial charge in [-0.3, -0.25) is 14.2 Å². The summed E-state index contributed by atoms with van der Waals surface area (Å²) in [5.41, 5.74) is -0.0377. The Morgan fingerprint density at radius 3 is 2.83 bits per heavy atom. The highest BCUT2D eigenvalue weighted by molar-refractivity contribution is 5.58. The normalized spacial score (nSPS) is 20.3. The van der Waals surface area contributed by atoms with Crippen molar-refractivity contribution in [3.05, 3.63) is 51.2 Å². The van der Waals surface area contributed by atoms with E-state index >= 15 is 0 Å². The molecule has 3 heterocycles. The maximum Gasteiger partial charge on any atom is 0.325 e. The average Bonchev–Trinajstić information content (AvgIpc) is 3.20. The van der Waals surface area contributed by atoms with Crippen molar-refractivity contribution in [3.63, 3.8) is 0 Å². The molecule has 0 amide bonds. The molecule has 0 unspecified atom stereocenters. The van der Waals surface area contributed by atoms with E-state index in [4.69, 9.17) is 0 Å². The third-order valence-electron chi connectivity index (χ3n) is 3.98. The highest BCUT2D eigenvalue weighted by Gasteiger charge is 2.46. The van der Waals surface area contributed by atoms with E-state index in [9.17, 15) is 18.4 Å². The molecule has 4 rings (SSSR count). The van der Waals surface area contributed by atoms with Gasteiger partial charge in [-0.2, -0.15) is 0 Å². The second kappa shape index (κ2) is 4.83. The van der Waals surface area contributed by atoms with Crippen LogP contribution in [-0.4, -0.2) is 30.8 Å². The number of alkyl halides is 2. The molecule has 23 heavy (non-hydrogen) atoms. The lowest BCUT2D eigenvalue weighted by molar-refractivity contribution is 0.120. The standard InChI is InChI=1S/C14H11F2N5O2/c15-11(16)7-3-6(7)10-5-21-2-1-9(18-13(21)19-10)8-4-17-14(23)20-12(8)22/h1-2,4-7,11H,3H2,(H2,17,20,22,23)/t6-,7-/m0/s1. The number of halogens is 2. The van der Waals surface area contributed by atoms with Crippen molar-refractivity contribution in [2.24, 2.45) is 5.92 Å². The topological polar surface area (TPSA) is 95.9 Å². The fraction of sp³-hybridized carbons (Fsp3) is 0.286. The molecule has 7 nitrogen and oxygen atoms in total. The Morgan fingerprint density at radius 2 is 2.13 bits per heavy atom. The summed E-state index contributed by atoms with van der Waals surface area (Å²) in [5.74, 6) is -0.555. The van der Waals surface area contributed by atoms with Crippen LogP contribution in [0.3, 0.4) is 0 Å². The highest BCUT2D eigenvalue weighted by Crippen LogP contribution is 2.50. The number of rotatable bonds is 3. The van der Waals surface area contributed by atoms with Gasteiger partial charge < -0.3 is 4.98 Å². The van der Waals surface area contributed by atoms with Gasteiger partial charge in [0.05, 0.1) is 17.0 Å². The minimum Gasteiger partial charge on any atom is -0.313 e. The quantitative estimate of drug-likeness (QED) is 0.757. The van der Waals surface area contributed by atoms with Crippen LogP contribution >= 0.6 is 0 Å². The Bertz CT molecular complexity index is 1010. The molecule has 1 aliphatic carbocycles. The number of aromatic amines is 2. The summed E-state index contributed by atoms with van der Waals surface area (Å²) >= 11 is 0. The zero-order chi connectivity index (χ0) is 16.1. The van der Waals surface area contributed by atoms with Gasteiger partial charge in [0.2, 0.25) is 12.2 Å². The van der Waals surface area contributed by atoms with Crippen molar-refractivity contribution in [1.82, 2.24) is 24.3 Å². The second-order valence-electron chi connectivity index (χ2n) is 5.51. The molecule has 0 aromatic carbocycles. The Hall–Kier alpha value is -2.84. The molecule has 0 spiro atoms. The van der Waals surface area contributed by atoms with Crippen molar-refractivity contribution in [2.45, 2.75) is 18.8 Å². The van der Waals surface area contributed by atoms with Crippen LogP contribution in [0.2, 0.25) is 0 Å². The van der Waals surface area contributed by atoms with Gasteiger partial charge in [0.1, 0.15) is 0 Å². The summed E-state index contributed by atoms with van der Waals surface area (Å²) < 4.78 is 26.9. The van der Waals surface area contributed by atoms with Crippen molar-refractivity contribution in [2.75, 3.05) is 0 Å². The summed E-state index contributed by atoms with van der Waals surface area (Å²) in [6, 6.07) is 1.60. The van der Waals surface area contributed by atoms with Crippen LogP contribution in [0.5, 0.6) is 0 Å². The molecule has 0 saturated heterocycles. The SMILES string of the molecule is O=c1[nH]cc(-c2ccn3cc([C@H]4C[C@@H]4C(F)F)nc3n2)c(=O)[nH]1. The number of nitrogens with zero attached hydrogens (tertiary/aromatic N) is 3. The van der Waals surface area contributed by atoms with Gasteiger partial charge in [-0.25, -0.2) is 23.5 Å². The minimum atomic E-state index is -2.34. The molecular formula is C14H11F2N5O2. The fourth-order valence-electron chi connectivity index (χ4n) is 2.65. The molecule has 3 aromatic rings. The zero-order valence-corrected chi connectivity index (χ0v) is 11.7. The Morgan fingerprint density at radius 1 is 1.30 bits per heavy atom. The average molecular weight is 319 g/mol. The van der Waals surface area contributed by atoms with Crippen molar-refractivity contribution in [3.8, 4) is 11.3 Å². The van der Waals surface area contributed by atoms with Gasteiger partial charge in [0, 0.05) is 30.4 Å². The van der Waals surface area contributed by atoms with Crippen molar-refractivity contribution < 1.29 is 8.78 Å². The van der Waals surface area contributed by atoms with Gasteiger partial charge in [-0.15, -0.1) is 0 Å². The van der Waals surface area contributed by atoms with E-state index in [0.29, 0.717) is 23.6 Å². The molecular weight excluding hydrogens is 308 g/mol. The molecule has 2 N–H and O–H groups in total. The molecule has 9 heteroatoms. The third kappa shape index (κ3) is 2.33. The maximum absolute atomic E-state index is 12.7. The maximum atomic E-state index is 12.7. The van der Waals surface area contributed by atoms with E-state index in [0.717, 1.165) is 0 Å². The number of hydrogen-bond acceptors (Lipinski definition) is 4. The number of aromatic nitrogens is 5. The molecule has 0 bridgehead atoms. The van der Waals surface area contributed by atoms with E-state index in [2.05, 4.69) is 19.9 Å². The van der Waals surface area contributed by atoms with Gasteiger partial charge >= 0.3 is 5.69 Å². The number of H-pyrrole nitrogens is 2. The molecule has 0 radical (unpaired) electrons. The van der Waals surface area contributed by atoms with E-state index in [1.165, 1.54) is 6.20 Å². The largest absolute Gasteiger partial charge is 0.325 e. The van der Waals surface area contributed by atoms with Crippen LogP contribution in [0.15, 0.2) is 34.2 Å². The first-order valence-corrected chi connectivity index (χ1v) is 6.99. The first kappa shape index (κ1) is 13.8. The van der Waals surface area contributed by atoms with Gasteiger partial charge in [-0.1, -0.05) is 0 Å². The first-order valence-electron chi connectivity index (χ1n) is 6.99. The first-order chi connectivity index (χ1) is 11.0. The smallest absolute Gasteiger partial charge is 0.313 e. The van der Waals surface area contributed by atoms with Crippen molar-refractivity contribution in [1.29, 1.82) is 0 Å². The number of nitrogens with one attached hydrogen (secondary N) is 2. The summed E-state index contributed by atoms with van der Waals surface area (Å²) in [5, 5.41) is 0. The van der Waals surface area contributed by atoms with E-state index in [1.54, 1.807) is 22.9 Å². The van der Waals surface area contributed by atoms with E-state index < -0.39 is 23.6 Å². The Kier molecular flexibility index (Phi) is 2.90. The zero-order valence-electron chi connectivity index (χ0n) is 11.7. The van der Waals surface area contributed by atoms with Gasteiger partial charge in [0.15, 0.2) is 0 Å². The van der Waals surface area contributed by atoms with Crippen LogP contribution in [0, 0.1) is 5.92 Å². The highest BCUT2D eigenvalue weighted by atomic mass is 19.3. The molecule has 118 valence electrons. The van der Waals surface area contributed by atoms with Crippen LogP contribution in [-0.2, 0) is 0 Å². The second-order valence-corrected chi connectivity index (χ2v) is 5.51. The molecule has 0 aliphatic heterocycles. The summed E-state index contributed by atoms with van der Waals surface area (Å²) in [6.45, 7) is 0. The molecule has 3 aromatic heterocycles. The summed E-state index contributed by atoms with van der Waals surface area (Å²) in [6.07, 6.45) is 2.69.